The van der Waals surface area contributed by atoms with E-state index < -0.39 is 0 Å². The fourth-order valence-corrected chi connectivity index (χ4v) is 3.29. The average molecular weight is 289 g/mol. The maximum Gasteiger partial charge on any atom is 0.254 e. The summed E-state index contributed by atoms with van der Waals surface area (Å²) in [6.45, 7) is 4.51. The van der Waals surface area contributed by atoms with E-state index in [1.165, 1.54) is 6.42 Å². The summed E-state index contributed by atoms with van der Waals surface area (Å²) in [7, 11) is 0. The van der Waals surface area contributed by atoms with E-state index >= 15 is 0 Å². The number of carbonyl (C=O) groups is 1. The molecule has 1 amide bonds. The molecule has 2 heterocycles. The molecule has 1 saturated heterocycles. The first-order valence-electron chi connectivity index (χ1n) is 6.24. The lowest BCUT2D eigenvalue weighted by Gasteiger charge is -2.32. The minimum absolute atomic E-state index is 0. The molecule has 0 bridgehead atoms. The van der Waals surface area contributed by atoms with Crippen molar-refractivity contribution < 1.29 is 4.79 Å². The van der Waals surface area contributed by atoms with Crippen molar-refractivity contribution >= 4 is 29.7 Å². The van der Waals surface area contributed by atoms with Crippen LogP contribution in [0, 0.1) is 12.8 Å². The second kappa shape index (κ2) is 7.12. The quantitative estimate of drug-likeness (QED) is 0.929. The van der Waals surface area contributed by atoms with Crippen LogP contribution < -0.4 is 5.73 Å². The van der Waals surface area contributed by atoms with Crippen molar-refractivity contribution in [3.05, 3.63) is 21.9 Å². The van der Waals surface area contributed by atoms with Gasteiger partial charge in [-0.15, -0.1) is 12.4 Å². The van der Waals surface area contributed by atoms with Crippen LogP contribution in [0.15, 0.2) is 10.8 Å². The fourth-order valence-electron chi connectivity index (χ4n) is 2.47. The van der Waals surface area contributed by atoms with Crippen LogP contribution in [0.3, 0.4) is 0 Å². The minimum Gasteiger partial charge on any atom is -0.338 e. The van der Waals surface area contributed by atoms with Gasteiger partial charge < -0.3 is 10.6 Å². The molecule has 0 spiro atoms. The monoisotopic (exact) mass is 288 g/mol. The minimum atomic E-state index is 0. The number of aryl methyl sites for hydroxylation is 1. The summed E-state index contributed by atoms with van der Waals surface area (Å²) >= 11 is 1.60. The van der Waals surface area contributed by atoms with Crippen molar-refractivity contribution in [1.82, 2.24) is 4.90 Å². The van der Waals surface area contributed by atoms with Gasteiger partial charge in [-0.3, -0.25) is 4.79 Å². The average Bonchev–Trinajstić information content (AvgIpc) is 2.75. The summed E-state index contributed by atoms with van der Waals surface area (Å²) < 4.78 is 0. The zero-order valence-corrected chi connectivity index (χ0v) is 12.4. The highest BCUT2D eigenvalue weighted by molar-refractivity contribution is 7.08. The van der Waals surface area contributed by atoms with E-state index in [-0.39, 0.29) is 18.3 Å². The Morgan fingerprint density at radius 1 is 1.56 bits per heavy atom. The van der Waals surface area contributed by atoms with E-state index in [2.05, 4.69) is 0 Å². The highest BCUT2D eigenvalue weighted by Crippen LogP contribution is 2.23. The molecule has 1 aromatic heterocycles. The molecule has 0 aliphatic carbocycles. The molecule has 1 atom stereocenters. The van der Waals surface area contributed by atoms with Gasteiger partial charge in [0.15, 0.2) is 0 Å². The van der Waals surface area contributed by atoms with Crippen LogP contribution in [-0.4, -0.2) is 30.4 Å². The number of nitrogens with two attached hydrogens (primary N) is 1. The molecule has 3 nitrogen and oxygen atoms in total. The number of nitrogens with zero attached hydrogens (tertiary/aromatic N) is 1. The molecule has 0 aromatic carbocycles. The Balaban J connectivity index is 0.00000162. The van der Waals surface area contributed by atoms with Gasteiger partial charge in [-0.05, 0) is 49.6 Å². The van der Waals surface area contributed by atoms with Gasteiger partial charge in [0.2, 0.25) is 0 Å². The molecular weight excluding hydrogens is 268 g/mol. The SMILES string of the molecule is Cc1cscc1C(=O)N1CCCC(CCN)C1.Cl. The Morgan fingerprint density at radius 3 is 2.94 bits per heavy atom. The normalized spacial score (nSPS) is 19.4. The van der Waals surface area contributed by atoms with Gasteiger partial charge in [0.25, 0.3) is 5.91 Å². The Hall–Kier alpha value is -0.580. The van der Waals surface area contributed by atoms with Crippen molar-refractivity contribution in [2.24, 2.45) is 11.7 Å². The molecule has 2 rings (SSSR count). The summed E-state index contributed by atoms with van der Waals surface area (Å²) in [5, 5.41) is 4.00. The van der Waals surface area contributed by atoms with Gasteiger partial charge in [-0.2, -0.15) is 11.3 Å². The van der Waals surface area contributed by atoms with Crippen molar-refractivity contribution in [3.8, 4) is 0 Å². The molecule has 0 radical (unpaired) electrons. The number of halogens is 1. The van der Waals surface area contributed by atoms with Gasteiger partial charge in [-0.1, -0.05) is 0 Å². The number of hydrogen-bond acceptors (Lipinski definition) is 3. The number of amides is 1. The Labute approximate surface area is 119 Å². The summed E-state index contributed by atoms with van der Waals surface area (Å²) in [5.74, 6) is 0.794. The molecule has 5 heteroatoms. The maximum atomic E-state index is 12.3. The lowest BCUT2D eigenvalue weighted by atomic mass is 9.94. The first kappa shape index (κ1) is 15.5. The first-order chi connectivity index (χ1) is 8.22. The summed E-state index contributed by atoms with van der Waals surface area (Å²) in [6.07, 6.45) is 3.36. The van der Waals surface area contributed by atoms with Crippen LogP contribution in [0.25, 0.3) is 0 Å². The molecule has 2 N–H and O–H groups in total. The third-order valence-corrected chi connectivity index (χ3v) is 4.33. The van der Waals surface area contributed by atoms with Gasteiger partial charge in [0.1, 0.15) is 0 Å². The largest absolute Gasteiger partial charge is 0.338 e. The zero-order valence-electron chi connectivity index (χ0n) is 10.7. The Morgan fingerprint density at radius 2 is 2.33 bits per heavy atom. The van der Waals surface area contributed by atoms with Crippen LogP contribution in [0.5, 0.6) is 0 Å². The van der Waals surface area contributed by atoms with E-state index in [1.807, 2.05) is 22.6 Å². The Kier molecular flexibility index (Phi) is 6.12. The third kappa shape index (κ3) is 3.46. The molecule has 102 valence electrons. The van der Waals surface area contributed by atoms with E-state index in [1.54, 1.807) is 11.3 Å². The number of likely N-dealkylation sites (tertiary alicyclic amines) is 1. The first-order valence-corrected chi connectivity index (χ1v) is 7.18. The molecule has 1 aromatic rings. The molecular formula is C13H21ClN2OS. The lowest BCUT2D eigenvalue weighted by molar-refractivity contribution is 0.0669. The second-order valence-electron chi connectivity index (χ2n) is 4.81. The van der Waals surface area contributed by atoms with E-state index in [0.29, 0.717) is 5.92 Å². The lowest BCUT2D eigenvalue weighted by Crippen LogP contribution is -2.40. The van der Waals surface area contributed by atoms with Gasteiger partial charge in [0, 0.05) is 18.5 Å². The topological polar surface area (TPSA) is 46.3 Å². The number of rotatable bonds is 3. The summed E-state index contributed by atoms with van der Waals surface area (Å²) in [5.41, 5.74) is 7.57. The van der Waals surface area contributed by atoms with Crippen LogP contribution in [0.2, 0.25) is 0 Å². The van der Waals surface area contributed by atoms with Crippen molar-refractivity contribution in [3.63, 3.8) is 0 Å². The molecule has 1 fully saturated rings. The fraction of sp³-hybridized carbons (Fsp3) is 0.615. The van der Waals surface area contributed by atoms with Crippen molar-refractivity contribution in [2.45, 2.75) is 26.2 Å². The summed E-state index contributed by atoms with van der Waals surface area (Å²) in [4.78, 5) is 14.3. The highest BCUT2D eigenvalue weighted by atomic mass is 35.5. The third-order valence-electron chi connectivity index (χ3n) is 3.47. The van der Waals surface area contributed by atoms with Gasteiger partial charge >= 0.3 is 0 Å². The predicted molar refractivity (Wildman–Crippen MR) is 78.6 cm³/mol. The molecule has 0 saturated carbocycles. The van der Waals surface area contributed by atoms with Crippen LogP contribution in [0.1, 0.15) is 35.2 Å². The molecule has 1 unspecified atom stereocenters. The van der Waals surface area contributed by atoms with E-state index in [0.717, 1.165) is 43.6 Å². The van der Waals surface area contributed by atoms with E-state index in [4.69, 9.17) is 5.73 Å². The number of carbonyl (C=O) groups excluding carboxylic acids is 1. The summed E-state index contributed by atoms with van der Waals surface area (Å²) in [6, 6.07) is 0. The van der Waals surface area contributed by atoms with Gasteiger partial charge in [-0.25, -0.2) is 0 Å². The second-order valence-corrected chi connectivity index (χ2v) is 5.55. The number of piperidine rings is 1. The zero-order chi connectivity index (χ0) is 12.3. The Bertz CT molecular complexity index is 392. The van der Waals surface area contributed by atoms with Crippen molar-refractivity contribution in [1.29, 1.82) is 0 Å². The number of thiophene rings is 1. The standard InChI is InChI=1S/C13H20N2OS.ClH/c1-10-8-17-9-12(10)13(16)15-6-2-3-11(7-15)4-5-14;/h8-9,11H,2-7,14H2,1H3;1H. The van der Waals surface area contributed by atoms with Crippen LogP contribution in [0.4, 0.5) is 0 Å². The molecule has 1 aliphatic heterocycles. The van der Waals surface area contributed by atoms with Gasteiger partial charge in [0.05, 0.1) is 5.56 Å². The maximum absolute atomic E-state index is 12.3. The molecule has 1 aliphatic rings. The van der Waals surface area contributed by atoms with Crippen LogP contribution >= 0.6 is 23.7 Å². The van der Waals surface area contributed by atoms with Crippen LogP contribution in [-0.2, 0) is 0 Å². The molecule has 18 heavy (non-hydrogen) atoms. The number of hydrogen-bond donors (Lipinski definition) is 1. The van der Waals surface area contributed by atoms with E-state index in [9.17, 15) is 4.79 Å². The highest BCUT2D eigenvalue weighted by Gasteiger charge is 2.24. The van der Waals surface area contributed by atoms with Crippen molar-refractivity contribution in [2.75, 3.05) is 19.6 Å². The predicted octanol–water partition coefficient (Wildman–Crippen LogP) is 2.68. The smallest absolute Gasteiger partial charge is 0.254 e.